The van der Waals surface area contributed by atoms with Crippen molar-refractivity contribution >= 4 is 17.4 Å². The molecule has 1 unspecified atom stereocenters. The maximum absolute atomic E-state index is 13.3. The van der Waals surface area contributed by atoms with Gasteiger partial charge in [0.25, 0.3) is 11.7 Å². The number of unbranched alkanes of at least 4 members (excludes halogenated alkanes) is 2. The highest BCUT2D eigenvalue weighted by molar-refractivity contribution is 6.46. The lowest BCUT2D eigenvalue weighted by Gasteiger charge is -2.25. The third-order valence-electron chi connectivity index (χ3n) is 7.15. The predicted octanol–water partition coefficient (Wildman–Crippen LogP) is 7.31. The van der Waals surface area contributed by atoms with E-state index in [1.165, 1.54) is 5.56 Å². The number of hydrogen-bond acceptors (Lipinski definition) is 4. The quantitative estimate of drug-likeness (QED) is 0.134. The van der Waals surface area contributed by atoms with E-state index < -0.39 is 17.7 Å². The van der Waals surface area contributed by atoms with Crippen LogP contribution in [0.15, 0.2) is 78.4 Å². The van der Waals surface area contributed by atoms with Crippen molar-refractivity contribution in [2.75, 3.05) is 6.54 Å². The van der Waals surface area contributed by atoms with Gasteiger partial charge in [0.2, 0.25) is 0 Å². The number of rotatable bonds is 10. The average Bonchev–Trinajstić information content (AvgIpc) is 3.17. The number of hydrogen-bond donors (Lipinski definition) is 1. The van der Waals surface area contributed by atoms with Crippen molar-refractivity contribution in [2.45, 2.75) is 65.5 Å². The fourth-order valence-corrected chi connectivity index (χ4v) is 4.90. The van der Waals surface area contributed by atoms with E-state index in [0.717, 1.165) is 36.0 Å². The van der Waals surface area contributed by atoms with Crippen LogP contribution >= 0.6 is 0 Å². The highest BCUT2D eigenvalue weighted by Crippen LogP contribution is 2.40. The standard InChI is InChI=1S/C33H37NO4/c1-5-6-10-19-34-30(26-15-13-25(14-16-26)22(2)3)29(32(36)33(34)37)31(35)27-17-18-28(23(4)20-27)38-21-24-11-8-7-9-12-24/h7-9,11-18,20,22,30,35H,5-6,10,19,21H2,1-4H3/b31-29-. The van der Waals surface area contributed by atoms with E-state index in [1.807, 2.05) is 61.5 Å². The van der Waals surface area contributed by atoms with Crippen molar-refractivity contribution in [3.63, 3.8) is 0 Å². The smallest absolute Gasteiger partial charge is 0.295 e. The molecule has 198 valence electrons. The van der Waals surface area contributed by atoms with Crippen molar-refractivity contribution in [2.24, 2.45) is 0 Å². The van der Waals surface area contributed by atoms with Gasteiger partial charge in [0.15, 0.2) is 0 Å². The molecule has 5 nitrogen and oxygen atoms in total. The van der Waals surface area contributed by atoms with Crippen LogP contribution in [0.25, 0.3) is 5.76 Å². The summed E-state index contributed by atoms with van der Waals surface area (Å²) in [6, 6.07) is 22.6. The van der Waals surface area contributed by atoms with Crippen LogP contribution in [0.5, 0.6) is 5.75 Å². The van der Waals surface area contributed by atoms with Crippen LogP contribution in [-0.4, -0.2) is 28.2 Å². The summed E-state index contributed by atoms with van der Waals surface area (Å²) in [5.41, 5.74) is 4.53. The summed E-state index contributed by atoms with van der Waals surface area (Å²) < 4.78 is 5.99. The van der Waals surface area contributed by atoms with E-state index in [-0.39, 0.29) is 11.3 Å². The third kappa shape index (κ3) is 5.83. The maximum Gasteiger partial charge on any atom is 0.295 e. The molecule has 0 spiro atoms. The Balaban J connectivity index is 1.69. The van der Waals surface area contributed by atoms with Gasteiger partial charge in [0, 0.05) is 12.1 Å². The summed E-state index contributed by atoms with van der Waals surface area (Å²) in [5.74, 6) is -0.284. The Labute approximate surface area is 225 Å². The molecule has 38 heavy (non-hydrogen) atoms. The minimum Gasteiger partial charge on any atom is -0.507 e. The topological polar surface area (TPSA) is 66.8 Å². The molecule has 1 atom stereocenters. The van der Waals surface area contributed by atoms with Crippen molar-refractivity contribution in [3.05, 3.63) is 106 Å². The molecule has 5 heteroatoms. The number of amides is 1. The number of aryl methyl sites for hydroxylation is 1. The van der Waals surface area contributed by atoms with Crippen LogP contribution in [0.4, 0.5) is 0 Å². The molecular weight excluding hydrogens is 474 g/mol. The van der Waals surface area contributed by atoms with Gasteiger partial charge in [-0.05, 0) is 59.7 Å². The highest BCUT2D eigenvalue weighted by Gasteiger charge is 2.45. The molecule has 0 aromatic heterocycles. The van der Waals surface area contributed by atoms with E-state index in [1.54, 1.807) is 23.1 Å². The summed E-state index contributed by atoms with van der Waals surface area (Å²) in [7, 11) is 0. The van der Waals surface area contributed by atoms with E-state index in [9.17, 15) is 14.7 Å². The third-order valence-corrected chi connectivity index (χ3v) is 7.15. The van der Waals surface area contributed by atoms with Crippen LogP contribution in [0.2, 0.25) is 0 Å². The molecule has 1 amide bonds. The predicted molar refractivity (Wildman–Crippen MR) is 151 cm³/mol. The number of aliphatic hydroxyl groups excluding tert-OH is 1. The summed E-state index contributed by atoms with van der Waals surface area (Å²) in [6.07, 6.45) is 2.78. The molecular formula is C33H37NO4. The molecule has 1 aliphatic rings. The van der Waals surface area contributed by atoms with Gasteiger partial charge in [-0.15, -0.1) is 0 Å². The Morgan fingerprint density at radius 3 is 2.32 bits per heavy atom. The fourth-order valence-electron chi connectivity index (χ4n) is 4.90. The Bertz CT molecular complexity index is 1310. The first-order chi connectivity index (χ1) is 18.3. The zero-order valence-corrected chi connectivity index (χ0v) is 22.7. The summed E-state index contributed by atoms with van der Waals surface area (Å²) in [5, 5.41) is 11.4. The van der Waals surface area contributed by atoms with Gasteiger partial charge < -0.3 is 14.7 Å². The minimum atomic E-state index is -0.640. The number of nitrogens with zero attached hydrogens (tertiary/aromatic N) is 1. The molecule has 1 N–H and O–H groups in total. The van der Waals surface area contributed by atoms with Gasteiger partial charge >= 0.3 is 0 Å². The number of aliphatic hydroxyl groups is 1. The number of likely N-dealkylation sites (tertiary alicyclic amines) is 1. The Hall–Kier alpha value is -3.86. The lowest BCUT2D eigenvalue weighted by Crippen LogP contribution is -2.30. The number of Topliss-reactive ketones (excluding diaryl/α,β-unsaturated/α-hetero) is 1. The SMILES string of the molecule is CCCCCN1C(=O)C(=O)/C(=C(\O)c2ccc(OCc3ccccc3)c(C)c2)C1c1ccc(C(C)C)cc1. The van der Waals surface area contributed by atoms with E-state index in [4.69, 9.17) is 4.74 Å². The molecule has 0 bridgehead atoms. The zero-order chi connectivity index (χ0) is 27.2. The van der Waals surface area contributed by atoms with Crippen LogP contribution in [0.3, 0.4) is 0 Å². The molecule has 1 saturated heterocycles. The van der Waals surface area contributed by atoms with Crippen molar-refractivity contribution in [3.8, 4) is 5.75 Å². The Kier molecular flexibility index (Phi) is 8.67. The maximum atomic E-state index is 13.3. The van der Waals surface area contributed by atoms with Gasteiger partial charge in [-0.1, -0.05) is 88.2 Å². The Morgan fingerprint density at radius 1 is 0.974 bits per heavy atom. The summed E-state index contributed by atoms with van der Waals surface area (Å²) in [6.45, 7) is 9.16. The molecule has 3 aromatic rings. The highest BCUT2D eigenvalue weighted by atomic mass is 16.5. The molecule has 4 rings (SSSR count). The minimum absolute atomic E-state index is 0.140. The molecule has 3 aromatic carbocycles. The molecule has 1 aliphatic heterocycles. The molecule has 1 fully saturated rings. The van der Waals surface area contributed by atoms with Crippen LogP contribution < -0.4 is 4.74 Å². The second kappa shape index (κ2) is 12.1. The first kappa shape index (κ1) is 27.2. The number of ether oxygens (including phenoxy) is 1. The first-order valence-corrected chi connectivity index (χ1v) is 13.5. The number of carbonyl (C=O) groups excluding carboxylic acids is 2. The Morgan fingerprint density at radius 2 is 1.68 bits per heavy atom. The van der Waals surface area contributed by atoms with E-state index in [2.05, 4.69) is 20.8 Å². The number of carbonyl (C=O) groups is 2. The van der Waals surface area contributed by atoms with E-state index >= 15 is 0 Å². The van der Waals surface area contributed by atoms with Crippen LogP contribution in [0.1, 0.15) is 79.8 Å². The first-order valence-electron chi connectivity index (χ1n) is 13.5. The molecule has 0 radical (unpaired) electrons. The number of ketones is 1. The van der Waals surface area contributed by atoms with Crippen molar-refractivity contribution in [1.29, 1.82) is 0 Å². The van der Waals surface area contributed by atoms with E-state index in [0.29, 0.717) is 30.4 Å². The lowest BCUT2D eigenvalue weighted by atomic mass is 9.93. The summed E-state index contributed by atoms with van der Waals surface area (Å²) in [4.78, 5) is 28.1. The van der Waals surface area contributed by atoms with Crippen LogP contribution in [0, 0.1) is 6.92 Å². The normalized spacial score (nSPS) is 16.9. The zero-order valence-electron chi connectivity index (χ0n) is 22.7. The molecule has 1 heterocycles. The van der Waals surface area contributed by atoms with Gasteiger partial charge in [-0.2, -0.15) is 0 Å². The van der Waals surface area contributed by atoms with Gasteiger partial charge in [0.1, 0.15) is 18.1 Å². The van der Waals surface area contributed by atoms with Gasteiger partial charge in [-0.25, -0.2) is 0 Å². The van der Waals surface area contributed by atoms with Gasteiger partial charge in [0.05, 0.1) is 11.6 Å². The molecule has 0 saturated carbocycles. The monoisotopic (exact) mass is 511 g/mol. The fraction of sp³-hybridized carbons (Fsp3) is 0.333. The van der Waals surface area contributed by atoms with Crippen LogP contribution in [-0.2, 0) is 16.2 Å². The largest absolute Gasteiger partial charge is 0.507 e. The van der Waals surface area contributed by atoms with Gasteiger partial charge in [-0.3, -0.25) is 9.59 Å². The number of benzene rings is 3. The van der Waals surface area contributed by atoms with Crippen molar-refractivity contribution in [1.82, 2.24) is 4.90 Å². The van der Waals surface area contributed by atoms with Crippen molar-refractivity contribution < 1.29 is 19.4 Å². The second-order valence-corrected chi connectivity index (χ2v) is 10.3. The average molecular weight is 512 g/mol. The second-order valence-electron chi connectivity index (χ2n) is 10.3. The summed E-state index contributed by atoms with van der Waals surface area (Å²) >= 11 is 0. The molecule has 0 aliphatic carbocycles. The lowest BCUT2D eigenvalue weighted by molar-refractivity contribution is -0.139.